The van der Waals surface area contributed by atoms with Crippen LogP contribution in [0, 0.1) is 0 Å². The lowest BCUT2D eigenvalue weighted by Crippen LogP contribution is -2.35. The van der Waals surface area contributed by atoms with Crippen molar-refractivity contribution < 1.29 is 0 Å². The highest BCUT2D eigenvalue weighted by molar-refractivity contribution is 9.12. The fraction of sp³-hybridized carbons (Fsp3) is 0.812. The summed E-state index contributed by atoms with van der Waals surface area (Å²) in [6.45, 7) is 4.59. The third-order valence-electron chi connectivity index (χ3n) is 7.72. The van der Waals surface area contributed by atoms with Crippen LogP contribution in [0.15, 0.2) is 31.1 Å². The Labute approximate surface area is 240 Å². The van der Waals surface area contributed by atoms with Crippen molar-refractivity contribution >= 4 is 43.3 Å². The average molecular weight is 627 g/mol. The highest BCUT2D eigenvalue weighted by Crippen LogP contribution is 2.35. The van der Waals surface area contributed by atoms with Crippen molar-refractivity contribution in [1.29, 1.82) is 0 Å². The van der Waals surface area contributed by atoms with Crippen molar-refractivity contribution in [3.05, 3.63) is 21.1 Å². The van der Waals surface area contributed by atoms with Crippen molar-refractivity contribution in [2.24, 2.45) is 9.98 Å². The van der Waals surface area contributed by atoms with Gasteiger partial charge in [0.25, 0.3) is 0 Å². The molecule has 0 saturated carbocycles. The molecule has 2 aliphatic rings. The van der Waals surface area contributed by atoms with Crippen molar-refractivity contribution in [3.8, 4) is 0 Å². The molecule has 0 N–H and O–H groups in total. The van der Waals surface area contributed by atoms with Gasteiger partial charge in [-0.05, 0) is 37.8 Å². The standard InChI is InChI=1S/C32H54Br2N2/c1-3-5-7-9-11-13-15-17-19-21-23-29-30(24-22-20-18-16-14-12-10-8-6-4-2)36-32-28(34)26-25-27(33)31(32)35-29/h25-26,31-32H,3-24H2,1-2H3. The van der Waals surface area contributed by atoms with E-state index in [0.717, 1.165) is 21.8 Å². The molecule has 0 saturated heterocycles. The molecule has 0 radical (unpaired) electrons. The fourth-order valence-electron chi connectivity index (χ4n) is 5.38. The molecule has 0 aromatic heterocycles. The molecule has 2 rings (SSSR count). The van der Waals surface area contributed by atoms with E-state index in [1.54, 1.807) is 0 Å². The van der Waals surface area contributed by atoms with Gasteiger partial charge in [-0.1, -0.05) is 161 Å². The predicted molar refractivity (Wildman–Crippen MR) is 169 cm³/mol. The van der Waals surface area contributed by atoms with Gasteiger partial charge in [-0.25, -0.2) is 0 Å². The minimum Gasteiger partial charge on any atom is -0.277 e. The molecule has 0 bridgehead atoms. The first kappa shape index (κ1) is 32.0. The molecule has 206 valence electrons. The molecule has 0 aromatic carbocycles. The van der Waals surface area contributed by atoms with Crippen LogP contribution in [-0.2, 0) is 0 Å². The van der Waals surface area contributed by atoms with Crippen LogP contribution in [0.5, 0.6) is 0 Å². The number of unbranched alkanes of at least 4 members (excludes halogenated alkanes) is 18. The van der Waals surface area contributed by atoms with E-state index >= 15 is 0 Å². The molecule has 0 fully saturated rings. The molecule has 2 unspecified atom stereocenters. The summed E-state index contributed by atoms with van der Waals surface area (Å²) in [5, 5.41) is 0. The van der Waals surface area contributed by atoms with Crippen molar-refractivity contribution in [3.63, 3.8) is 0 Å². The number of aliphatic imine (C=N–C) groups is 2. The van der Waals surface area contributed by atoms with Gasteiger partial charge in [0.15, 0.2) is 0 Å². The van der Waals surface area contributed by atoms with Crippen molar-refractivity contribution in [1.82, 2.24) is 0 Å². The summed E-state index contributed by atoms with van der Waals surface area (Å²) in [6, 6.07) is 0.248. The van der Waals surface area contributed by atoms with Crippen LogP contribution >= 0.6 is 31.9 Å². The maximum atomic E-state index is 5.26. The average Bonchev–Trinajstić information content (AvgIpc) is 2.88. The minimum absolute atomic E-state index is 0.124. The molecule has 0 aromatic rings. The monoisotopic (exact) mass is 624 g/mol. The lowest BCUT2D eigenvalue weighted by atomic mass is 9.95. The van der Waals surface area contributed by atoms with Crippen molar-refractivity contribution in [2.45, 2.75) is 167 Å². The number of halogens is 2. The van der Waals surface area contributed by atoms with Gasteiger partial charge in [0.1, 0.15) is 12.1 Å². The van der Waals surface area contributed by atoms with Gasteiger partial charge < -0.3 is 0 Å². The Morgan fingerprint density at radius 2 is 0.750 bits per heavy atom. The van der Waals surface area contributed by atoms with Crippen LogP contribution in [0.3, 0.4) is 0 Å². The van der Waals surface area contributed by atoms with E-state index in [-0.39, 0.29) is 12.1 Å². The summed E-state index contributed by atoms with van der Waals surface area (Å²) in [7, 11) is 0. The smallest absolute Gasteiger partial charge is 0.109 e. The summed E-state index contributed by atoms with van der Waals surface area (Å²) in [4.78, 5) is 10.5. The van der Waals surface area contributed by atoms with E-state index in [0.29, 0.717) is 0 Å². The number of nitrogens with zero attached hydrogens (tertiary/aromatic N) is 2. The van der Waals surface area contributed by atoms with Crippen LogP contribution in [0.1, 0.15) is 155 Å². The Kier molecular flexibility index (Phi) is 18.4. The summed E-state index contributed by atoms with van der Waals surface area (Å²) in [5.74, 6) is 0. The second kappa shape index (κ2) is 20.7. The summed E-state index contributed by atoms with van der Waals surface area (Å²) >= 11 is 7.53. The number of fused-ring (bicyclic) bond motifs is 1. The molecule has 2 nitrogen and oxygen atoms in total. The molecule has 1 aliphatic heterocycles. The number of allylic oxidation sites excluding steroid dienone is 2. The van der Waals surface area contributed by atoms with Gasteiger partial charge in [0.05, 0.1) is 11.4 Å². The van der Waals surface area contributed by atoms with E-state index in [1.165, 1.54) is 140 Å². The van der Waals surface area contributed by atoms with E-state index in [9.17, 15) is 0 Å². The number of rotatable bonds is 22. The lowest BCUT2D eigenvalue weighted by molar-refractivity contribution is 0.557. The Morgan fingerprint density at radius 3 is 1.06 bits per heavy atom. The highest BCUT2D eigenvalue weighted by atomic mass is 79.9. The van der Waals surface area contributed by atoms with Crippen LogP contribution in [0.4, 0.5) is 0 Å². The first-order valence-corrected chi connectivity index (χ1v) is 17.1. The van der Waals surface area contributed by atoms with E-state index < -0.39 is 0 Å². The van der Waals surface area contributed by atoms with E-state index in [2.05, 4.69) is 57.9 Å². The van der Waals surface area contributed by atoms with Gasteiger partial charge in [-0.2, -0.15) is 0 Å². The maximum Gasteiger partial charge on any atom is 0.109 e. The van der Waals surface area contributed by atoms with Gasteiger partial charge in [-0.3, -0.25) is 9.98 Å². The van der Waals surface area contributed by atoms with Crippen LogP contribution in [0.25, 0.3) is 0 Å². The summed E-state index contributed by atoms with van der Waals surface area (Å²) in [6.07, 6.45) is 34.0. The molecule has 1 heterocycles. The Bertz CT molecular complexity index is 647. The summed E-state index contributed by atoms with van der Waals surface area (Å²) in [5.41, 5.74) is 2.58. The topological polar surface area (TPSA) is 24.7 Å². The van der Waals surface area contributed by atoms with Crippen LogP contribution in [-0.4, -0.2) is 23.5 Å². The largest absolute Gasteiger partial charge is 0.277 e. The number of hydrogen-bond acceptors (Lipinski definition) is 2. The zero-order valence-corrected chi connectivity index (χ0v) is 26.7. The third-order valence-corrected chi connectivity index (χ3v) is 9.19. The molecule has 4 heteroatoms. The normalized spacial score (nSPS) is 19.4. The quantitative estimate of drug-likeness (QED) is 0.107. The van der Waals surface area contributed by atoms with Crippen LogP contribution in [0.2, 0.25) is 0 Å². The molecule has 0 amide bonds. The minimum atomic E-state index is 0.124. The third kappa shape index (κ3) is 13.0. The molecule has 0 spiro atoms. The second-order valence-corrected chi connectivity index (χ2v) is 12.8. The number of hydrogen-bond donors (Lipinski definition) is 0. The summed E-state index contributed by atoms with van der Waals surface area (Å²) < 4.78 is 2.33. The maximum absolute atomic E-state index is 5.26. The van der Waals surface area contributed by atoms with Crippen molar-refractivity contribution in [2.75, 3.05) is 0 Å². The zero-order valence-electron chi connectivity index (χ0n) is 23.5. The highest BCUT2D eigenvalue weighted by Gasteiger charge is 2.32. The molecule has 2 atom stereocenters. The molecular weight excluding hydrogens is 572 g/mol. The molecule has 36 heavy (non-hydrogen) atoms. The zero-order chi connectivity index (χ0) is 25.8. The fourth-order valence-corrected chi connectivity index (χ4v) is 6.35. The van der Waals surface area contributed by atoms with Gasteiger partial charge in [-0.15, -0.1) is 0 Å². The van der Waals surface area contributed by atoms with E-state index in [4.69, 9.17) is 9.98 Å². The first-order chi connectivity index (χ1) is 17.7. The second-order valence-electron chi connectivity index (χ2n) is 11.0. The predicted octanol–water partition coefficient (Wildman–Crippen LogP) is 11.8. The SMILES string of the molecule is CCCCCCCCCCCCC1=NC2C(Br)=CC=C(Br)C2N=C1CCCCCCCCCCCC. The Morgan fingerprint density at radius 1 is 0.472 bits per heavy atom. The van der Waals surface area contributed by atoms with Gasteiger partial charge in [0, 0.05) is 8.96 Å². The molecular formula is C32H54Br2N2. The molecule has 1 aliphatic carbocycles. The lowest BCUT2D eigenvalue weighted by Gasteiger charge is -2.30. The van der Waals surface area contributed by atoms with E-state index in [1.807, 2.05) is 0 Å². The van der Waals surface area contributed by atoms with Gasteiger partial charge >= 0.3 is 0 Å². The van der Waals surface area contributed by atoms with Gasteiger partial charge in [0.2, 0.25) is 0 Å². The van der Waals surface area contributed by atoms with Crippen LogP contribution < -0.4 is 0 Å². The Hall–Kier alpha value is -0.220. The Balaban J connectivity index is 1.72. The first-order valence-electron chi connectivity index (χ1n) is 15.5.